The number of carbonyl (C=O) groups is 1. The van der Waals surface area contributed by atoms with Crippen LogP contribution in [0.2, 0.25) is 0 Å². The molecule has 1 N–H and O–H groups in total. The van der Waals surface area contributed by atoms with Gasteiger partial charge in [-0.15, -0.1) is 0 Å². The van der Waals surface area contributed by atoms with Crippen molar-refractivity contribution < 1.29 is 13.2 Å². The Morgan fingerprint density at radius 2 is 2.12 bits per heavy atom. The van der Waals surface area contributed by atoms with Crippen LogP contribution < -0.4 is 5.32 Å². The molecule has 1 amide bonds. The van der Waals surface area contributed by atoms with Gasteiger partial charge in [0.25, 0.3) is 10.2 Å². The topological polar surface area (TPSA) is 69.7 Å². The molecule has 92 valence electrons. The standard InChI is InChI=1S/C9H17N3O3S/c1-11(2)16(14,15)12-4-3-9(7-12)5-8(13)10-6-9/h3-7H2,1-2H3,(H,10,13). The molecule has 0 aliphatic carbocycles. The first-order chi connectivity index (χ1) is 7.36. The van der Waals surface area contributed by atoms with E-state index in [1.165, 1.54) is 22.7 Å². The lowest BCUT2D eigenvalue weighted by molar-refractivity contribution is -0.119. The number of rotatable bonds is 2. The van der Waals surface area contributed by atoms with Gasteiger partial charge in [-0.05, 0) is 6.42 Å². The van der Waals surface area contributed by atoms with E-state index >= 15 is 0 Å². The van der Waals surface area contributed by atoms with E-state index in [0.717, 1.165) is 6.42 Å². The molecule has 0 aromatic rings. The highest BCUT2D eigenvalue weighted by Gasteiger charge is 2.47. The van der Waals surface area contributed by atoms with Gasteiger partial charge in [0.05, 0.1) is 0 Å². The molecule has 0 radical (unpaired) electrons. The van der Waals surface area contributed by atoms with Crippen LogP contribution in [0.5, 0.6) is 0 Å². The Balaban J connectivity index is 2.12. The van der Waals surface area contributed by atoms with Crippen molar-refractivity contribution in [3.8, 4) is 0 Å². The predicted molar refractivity (Wildman–Crippen MR) is 58.9 cm³/mol. The highest BCUT2D eigenvalue weighted by molar-refractivity contribution is 7.86. The second-order valence-electron chi connectivity index (χ2n) is 4.83. The minimum absolute atomic E-state index is 0.0316. The third-order valence-electron chi connectivity index (χ3n) is 3.39. The van der Waals surface area contributed by atoms with Crippen LogP contribution in [0.4, 0.5) is 0 Å². The molecule has 2 saturated heterocycles. The third kappa shape index (κ3) is 1.83. The van der Waals surface area contributed by atoms with E-state index in [1.54, 1.807) is 0 Å². The first kappa shape index (κ1) is 11.8. The largest absolute Gasteiger partial charge is 0.355 e. The summed E-state index contributed by atoms with van der Waals surface area (Å²) in [6.07, 6.45) is 1.21. The second kappa shape index (κ2) is 3.68. The van der Waals surface area contributed by atoms with Crippen molar-refractivity contribution >= 4 is 16.1 Å². The van der Waals surface area contributed by atoms with Crippen LogP contribution in [0.25, 0.3) is 0 Å². The fourth-order valence-electron chi connectivity index (χ4n) is 2.36. The lowest BCUT2D eigenvalue weighted by Gasteiger charge is -2.23. The number of nitrogens with one attached hydrogen (secondary N) is 1. The number of amides is 1. The second-order valence-corrected chi connectivity index (χ2v) is 6.97. The van der Waals surface area contributed by atoms with Gasteiger partial charge in [-0.25, -0.2) is 0 Å². The van der Waals surface area contributed by atoms with Crippen LogP contribution in [0.3, 0.4) is 0 Å². The highest BCUT2D eigenvalue weighted by Crippen LogP contribution is 2.37. The van der Waals surface area contributed by atoms with Gasteiger partial charge in [-0.3, -0.25) is 4.79 Å². The molecule has 2 fully saturated rings. The normalized spacial score (nSPS) is 31.6. The van der Waals surface area contributed by atoms with Gasteiger partial charge in [0, 0.05) is 45.6 Å². The molecule has 0 aromatic heterocycles. The average Bonchev–Trinajstić information content (AvgIpc) is 2.75. The Labute approximate surface area is 95.8 Å². The molecule has 2 aliphatic heterocycles. The molecular formula is C9H17N3O3S. The van der Waals surface area contributed by atoms with Crippen LogP contribution in [0.15, 0.2) is 0 Å². The number of nitrogens with zero attached hydrogens (tertiary/aromatic N) is 2. The van der Waals surface area contributed by atoms with Crippen molar-refractivity contribution in [3.63, 3.8) is 0 Å². The van der Waals surface area contributed by atoms with Crippen molar-refractivity contribution in [1.82, 2.24) is 13.9 Å². The van der Waals surface area contributed by atoms with Crippen molar-refractivity contribution in [2.75, 3.05) is 33.7 Å². The maximum atomic E-state index is 11.9. The molecule has 0 saturated carbocycles. The molecule has 0 aromatic carbocycles. The Morgan fingerprint density at radius 1 is 1.44 bits per heavy atom. The summed E-state index contributed by atoms with van der Waals surface area (Å²) >= 11 is 0. The van der Waals surface area contributed by atoms with Gasteiger partial charge in [-0.2, -0.15) is 17.0 Å². The number of carbonyl (C=O) groups excluding carboxylic acids is 1. The number of hydrogen-bond donors (Lipinski definition) is 1. The Bertz CT molecular complexity index is 406. The van der Waals surface area contributed by atoms with Gasteiger partial charge in [0.15, 0.2) is 0 Å². The zero-order valence-corrected chi connectivity index (χ0v) is 10.4. The summed E-state index contributed by atoms with van der Waals surface area (Å²) in [6, 6.07) is 0. The predicted octanol–water partition coefficient (Wildman–Crippen LogP) is -0.995. The van der Waals surface area contributed by atoms with Crippen molar-refractivity contribution in [1.29, 1.82) is 0 Å². The summed E-state index contributed by atoms with van der Waals surface area (Å²) in [7, 11) is -0.278. The molecule has 2 rings (SSSR count). The van der Waals surface area contributed by atoms with E-state index < -0.39 is 10.2 Å². The minimum atomic E-state index is -3.33. The van der Waals surface area contributed by atoms with Crippen LogP contribution in [-0.2, 0) is 15.0 Å². The van der Waals surface area contributed by atoms with E-state index in [0.29, 0.717) is 26.1 Å². The van der Waals surface area contributed by atoms with Crippen LogP contribution in [-0.4, -0.2) is 56.7 Å². The van der Waals surface area contributed by atoms with Gasteiger partial charge < -0.3 is 5.32 Å². The molecule has 2 heterocycles. The molecular weight excluding hydrogens is 230 g/mol. The molecule has 1 unspecified atom stereocenters. The Morgan fingerprint density at radius 3 is 2.62 bits per heavy atom. The summed E-state index contributed by atoms with van der Waals surface area (Å²) in [5.41, 5.74) is -0.167. The summed E-state index contributed by atoms with van der Waals surface area (Å²) in [5.74, 6) is 0.0316. The maximum Gasteiger partial charge on any atom is 0.281 e. The molecule has 1 spiro atoms. The molecule has 7 heteroatoms. The summed E-state index contributed by atoms with van der Waals surface area (Å²) in [5, 5.41) is 2.78. The van der Waals surface area contributed by atoms with Crippen LogP contribution in [0, 0.1) is 5.41 Å². The SMILES string of the molecule is CN(C)S(=O)(=O)N1CCC2(CNC(=O)C2)C1. The first-order valence-corrected chi connectivity index (χ1v) is 6.70. The van der Waals surface area contributed by atoms with E-state index in [4.69, 9.17) is 0 Å². The molecule has 16 heavy (non-hydrogen) atoms. The molecule has 2 aliphatic rings. The average molecular weight is 247 g/mol. The highest BCUT2D eigenvalue weighted by atomic mass is 32.2. The number of hydrogen-bond acceptors (Lipinski definition) is 3. The Hall–Kier alpha value is -0.660. The quantitative estimate of drug-likeness (QED) is 0.681. The maximum absolute atomic E-state index is 11.9. The third-order valence-corrected chi connectivity index (χ3v) is 5.27. The smallest absolute Gasteiger partial charge is 0.281 e. The molecule has 1 atom stereocenters. The van der Waals surface area contributed by atoms with Crippen molar-refractivity contribution in [3.05, 3.63) is 0 Å². The first-order valence-electron chi connectivity index (χ1n) is 5.30. The fourth-order valence-corrected chi connectivity index (χ4v) is 3.58. The van der Waals surface area contributed by atoms with E-state index in [-0.39, 0.29) is 11.3 Å². The van der Waals surface area contributed by atoms with E-state index in [9.17, 15) is 13.2 Å². The summed E-state index contributed by atoms with van der Waals surface area (Å²) < 4.78 is 26.5. The van der Waals surface area contributed by atoms with Crippen molar-refractivity contribution in [2.24, 2.45) is 5.41 Å². The lowest BCUT2D eigenvalue weighted by Crippen LogP contribution is -2.40. The minimum Gasteiger partial charge on any atom is -0.355 e. The zero-order chi connectivity index (χ0) is 12.0. The Kier molecular flexibility index (Phi) is 2.72. The summed E-state index contributed by atoms with van der Waals surface area (Å²) in [4.78, 5) is 11.2. The van der Waals surface area contributed by atoms with Crippen LogP contribution in [0.1, 0.15) is 12.8 Å². The molecule has 0 bridgehead atoms. The zero-order valence-electron chi connectivity index (χ0n) is 9.56. The van der Waals surface area contributed by atoms with Crippen molar-refractivity contribution in [2.45, 2.75) is 12.8 Å². The van der Waals surface area contributed by atoms with Crippen LogP contribution >= 0.6 is 0 Å². The van der Waals surface area contributed by atoms with Gasteiger partial charge in [-0.1, -0.05) is 0 Å². The monoisotopic (exact) mass is 247 g/mol. The summed E-state index contributed by atoms with van der Waals surface area (Å²) in [6.45, 7) is 1.56. The van der Waals surface area contributed by atoms with Gasteiger partial charge in [0.1, 0.15) is 0 Å². The van der Waals surface area contributed by atoms with Gasteiger partial charge in [0.2, 0.25) is 5.91 Å². The lowest BCUT2D eigenvalue weighted by atomic mass is 9.86. The van der Waals surface area contributed by atoms with E-state index in [1.807, 2.05) is 0 Å². The van der Waals surface area contributed by atoms with E-state index in [2.05, 4.69) is 5.32 Å². The fraction of sp³-hybridized carbons (Fsp3) is 0.889. The molecule has 6 nitrogen and oxygen atoms in total. The van der Waals surface area contributed by atoms with Gasteiger partial charge >= 0.3 is 0 Å².